The zero-order valence-electron chi connectivity index (χ0n) is 10.9. The summed E-state index contributed by atoms with van der Waals surface area (Å²) in [5.41, 5.74) is -0.0787. The molecular formula is C13H23NO3. The minimum atomic E-state index is -0.0787. The minimum Gasteiger partial charge on any atom is -0.381 e. The maximum atomic E-state index is 12.1. The standard InChI is InChI=1S/C13H23NO3/c1-13(16-2)5-3-6-14(10-13)8-12(15)11-4-7-17-9-11/h11H,3-10H2,1-2H3. The molecule has 0 radical (unpaired) electrons. The van der Waals surface area contributed by atoms with Crippen LogP contribution in [-0.4, -0.2) is 56.2 Å². The van der Waals surface area contributed by atoms with Gasteiger partial charge in [0.1, 0.15) is 0 Å². The van der Waals surface area contributed by atoms with E-state index in [4.69, 9.17) is 9.47 Å². The lowest BCUT2D eigenvalue weighted by molar-refractivity contribution is -0.126. The highest BCUT2D eigenvalue weighted by Crippen LogP contribution is 2.24. The van der Waals surface area contributed by atoms with Gasteiger partial charge in [-0.05, 0) is 32.7 Å². The van der Waals surface area contributed by atoms with Crippen molar-refractivity contribution in [2.24, 2.45) is 5.92 Å². The minimum absolute atomic E-state index is 0.0787. The Labute approximate surface area is 103 Å². The van der Waals surface area contributed by atoms with Gasteiger partial charge in [0.15, 0.2) is 5.78 Å². The first kappa shape index (κ1) is 13.0. The van der Waals surface area contributed by atoms with Crippen LogP contribution in [0.25, 0.3) is 0 Å². The monoisotopic (exact) mass is 241 g/mol. The van der Waals surface area contributed by atoms with Gasteiger partial charge in [-0.1, -0.05) is 0 Å². The first-order valence-corrected chi connectivity index (χ1v) is 6.51. The van der Waals surface area contributed by atoms with Crippen molar-refractivity contribution < 1.29 is 14.3 Å². The van der Waals surface area contributed by atoms with Gasteiger partial charge >= 0.3 is 0 Å². The topological polar surface area (TPSA) is 38.8 Å². The highest BCUT2D eigenvalue weighted by Gasteiger charge is 2.33. The third-order valence-corrected chi connectivity index (χ3v) is 4.00. The van der Waals surface area contributed by atoms with E-state index < -0.39 is 0 Å². The normalized spacial score (nSPS) is 35.1. The first-order chi connectivity index (χ1) is 8.13. The maximum absolute atomic E-state index is 12.1. The Morgan fingerprint density at radius 3 is 3.06 bits per heavy atom. The van der Waals surface area contributed by atoms with Crippen LogP contribution in [0.2, 0.25) is 0 Å². The number of hydrogen-bond donors (Lipinski definition) is 0. The molecule has 2 unspecified atom stereocenters. The van der Waals surface area contributed by atoms with E-state index in [2.05, 4.69) is 11.8 Å². The number of Topliss-reactive ketones (excluding diaryl/α,β-unsaturated/α-hetero) is 1. The lowest BCUT2D eigenvalue weighted by Gasteiger charge is -2.39. The van der Waals surface area contributed by atoms with E-state index in [0.29, 0.717) is 18.9 Å². The molecule has 2 fully saturated rings. The third-order valence-electron chi connectivity index (χ3n) is 4.00. The van der Waals surface area contributed by atoms with E-state index in [0.717, 1.165) is 39.0 Å². The van der Waals surface area contributed by atoms with Crippen molar-refractivity contribution >= 4 is 5.78 Å². The summed E-state index contributed by atoms with van der Waals surface area (Å²) < 4.78 is 10.8. The highest BCUT2D eigenvalue weighted by atomic mass is 16.5. The molecule has 4 heteroatoms. The van der Waals surface area contributed by atoms with E-state index in [1.165, 1.54) is 0 Å². The summed E-state index contributed by atoms with van der Waals surface area (Å²) in [4.78, 5) is 14.3. The molecule has 2 aliphatic heterocycles. The number of piperidine rings is 1. The van der Waals surface area contributed by atoms with Crippen LogP contribution in [0.5, 0.6) is 0 Å². The van der Waals surface area contributed by atoms with E-state index in [9.17, 15) is 4.79 Å². The molecule has 2 rings (SSSR count). The summed E-state index contributed by atoms with van der Waals surface area (Å²) in [7, 11) is 1.76. The Hall–Kier alpha value is -0.450. The molecule has 0 aliphatic carbocycles. The Balaban J connectivity index is 1.83. The predicted molar refractivity (Wildman–Crippen MR) is 65.0 cm³/mol. The Bertz CT molecular complexity index is 276. The summed E-state index contributed by atoms with van der Waals surface area (Å²) in [6.45, 7) is 5.93. The molecule has 98 valence electrons. The molecule has 0 N–H and O–H groups in total. The van der Waals surface area contributed by atoms with Gasteiger partial charge in [0.05, 0.1) is 18.8 Å². The summed E-state index contributed by atoms with van der Waals surface area (Å²) in [5.74, 6) is 0.466. The van der Waals surface area contributed by atoms with Crippen LogP contribution in [0.1, 0.15) is 26.2 Å². The Morgan fingerprint density at radius 2 is 2.41 bits per heavy atom. The number of methoxy groups -OCH3 is 1. The van der Waals surface area contributed by atoms with Crippen molar-refractivity contribution in [3.05, 3.63) is 0 Å². The van der Waals surface area contributed by atoms with E-state index >= 15 is 0 Å². The van der Waals surface area contributed by atoms with Crippen LogP contribution in [0.3, 0.4) is 0 Å². The molecule has 0 spiro atoms. The number of hydrogen-bond acceptors (Lipinski definition) is 4. The second-order valence-corrected chi connectivity index (χ2v) is 5.50. The number of likely N-dealkylation sites (tertiary alicyclic amines) is 1. The second kappa shape index (κ2) is 5.46. The van der Waals surface area contributed by atoms with Crippen LogP contribution in [-0.2, 0) is 14.3 Å². The maximum Gasteiger partial charge on any atom is 0.152 e. The van der Waals surface area contributed by atoms with Gasteiger partial charge in [0.25, 0.3) is 0 Å². The van der Waals surface area contributed by atoms with Crippen molar-refractivity contribution in [3.8, 4) is 0 Å². The fraction of sp³-hybridized carbons (Fsp3) is 0.923. The van der Waals surface area contributed by atoms with E-state index in [1.54, 1.807) is 7.11 Å². The average Bonchev–Trinajstić information content (AvgIpc) is 2.82. The van der Waals surface area contributed by atoms with Crippen molar-refractivity contribution in [2.45, 2.75) is 31.8 Å². The summed E-state index contributed by atoms with van der Waals surface area (Å²) in [5, 5.41) is 0. The fourth-order valence-corrected chi connectivity index (χ4v) is 2.75. The number of nitrogens with zero attached hydrogens (tertiary/aromatic N) is 1. The van der Waals surface area contributed by atoms with E-state index in [-0.39, 0.29) is 11.5 Å². The molecule has 17 heavy (non-hydrogen) atoms. The van der Waals surface area contributed by atoms with Crippen molar-refractivity contribution in [1.29, 1.82) is 0 Å². The fourth-order valence-electron chi connectivity index (χ4n) is 2.75. The van der Waals surface area contributed by atoms with Gasteiger partial charge in [-0.15, -0.1) is 0 Å². The van der Waals surface area contributed by atoms with Crippen molar-refractivity contribution in [1.82, 2.24) is 4.90 Å². The van der Waals surface area contributed by atoms with Crippen LogP contribution in [0, 0.1) is 5.92 Å². The van der Waals surface area contributed by atoms with Crippen molar-refractivity contribution in [2.75, 3.05) is 40.0 Å². The van der Waals surface area contributed by atoms with E-state index in [1.807, 2.05) is 0 Å². The zero-order valence-corrected chi connectivity index (χ0v) is 10.9. The second-order valence-electron chi connectivity index (χ2n) is 5.50. The molecule has 0 saturated carbocycles. The molecule has 2 atom stereocenters. The molecule has 4 nitrogen and oxygen atoms in total. The predicted octanol–water partition coefficient (Wildman–Crippen LogP) is 1.09. The molecule has 0 aromatic carbocycles. The van der Waals surface area contributed by atoms with Gasteiger partial charge in [-0.3, -0.25) is 9.69 Å². The first-order valence-electron chi connectivity index (χ1n) is 6.51. The molecule has 2 heterocycles. The molecule has 2 aliphatic rings. The van der Waals surface area contributed by atoms with Gasteiger partial charge in [-0.25, -0.2) is 0 Å². The number of ether oxygens (including phenoxy) is 2. The number of carbonyl (C=O) groups excluding carboxylic acids is 1. The molecule has 0 amide bonds. The van der Waals surface area contributed by atoms with Gasteiger partial charge in [-0.2, -0.15) is 0 Å². The zero-order chi connectivity index (χ0) is 12.3. The van der Waals surface area contributed by atoms with Crippen LogP contribution < -0.4 is 0 Å². The highest BCUT2D eigenvalue weighted by molar-refractivity contribution is 5.83. The van der Waals surface area contributed by atoms with Crippen molar-refractivity contribution in [3.63, 3.8) is 0 Å². The number of rotatable bonds is 4. The summed E-state index contributed by atoms with van der Waals surface area (Å²) in [6, 6.07) is 0. The summed E-state index contributed by atoms with van der Waals surface area (Å²) in [6.07, 6.45) is 3.09. The van der Waals surface area contributed by atoms with Crippen LogP contribution in [0.4, 0.5) is 0 Å². The molecule has 0 aromatic heterocycles. The lowest BCUT2D eigenvalue weighted by Crippen LogP contribution is -2.49. The van der Waals surface area contributed by atoms with Gasteiger partial charge < -0.3 is 9.47 Å². The van der Waals surface area contributed by atoms with Crippen LogP contribution >= 0.6 is 0 Å². The molecule has 0 aromatic rings. The molecular weight excluding hydrogens is 218 g/mol. The largest absolute Gasteiger partial charge is 0.381 e. The van der Waals surface area contributed by atoms with Gasteiger partial charge in [0.2, 0.25) is 0 Å². The number of ketones is 1. The van der Waals surface area contributed by atoms with Gasteiger partial charge in [0, 0.05) is 26.2 Å². The van der Waals surface area contributed by atoms with Crippen LogP contribution in [0.15, 0.2) is 0 Å². The average molecular weight is 241 g/mol. The molecule has 2 saturated heterocycles. The molecule has 0 bridgehead atoms. The smallest absolute Gasteiger partial charge is 0.152 e. The summed E-state index contributed by atoms with van der Waals surface area (Å²) >= 11 is 0. The quantitative estimate of drug-likeness (QED) is 0.738. The Kier molecular flexibility index (Phi) is 4.17. The SMILES string of the molecule is COC1(C)CCCN(CC(=O)C2CCOC2)C1. The Morgan fingerprint density at radius 1 is 1.59 bits per heavy atom. The lowest BCUT2D eigenvalue weighted by atomic mass is 9.94. The third kappa shape index (κ3) is 3.27. The number of carbonyl (C=O) groups is 1.